The summed E-state index contributed by atoms with van der Waals surface area (Å²) >= 11 is 5.90. The van der Waals surface area contributed by atoms with Crippen molar-refractivity contribution in [2.45, 2.75) is 19.1 Å². The summed E-state index contributed by atoms with van der Waals surface area (Å²) in [5, 5.41) is 12.4. The smallest absolute Gasteiger partial charge is 0.272 e. The molecule has 3 N–H and O–H groups in total. The Hall–Kier alpha value is -3.49. The van der Waals surface area contributed by atoms with Crippen LogP contribution in [0.3, 0.4) is 0 Å². The van der Waals surface area contributed by atoms with Gasteiger partial charge in [-0.05, 0) is 41.0 Å². The molecule has 1 unspecified atom stereocenters. The first-order chi connectivity index (χ1) is 17.0. The predicted octanol–water partition coefficient (Wildman–Crippen LogP) is 4.70. The molecule has 0 radical (unpaired) electrons. The highest BCUT2D eigenvalue weighted by atomic mass is 35.5. The number of hydrogen-bond donors (Lipinski definition) is 3. The average Bonchev–Trinajstić information content (AvgIpc) is 2.90. The van der Waals surface area contributed by atoms with Crippen LogP contribution < -0.4 is 10.8 Å². The quantitative estimate of drug-likeness (QED) is 0.111. The summed E-state index contributed by atoms with van der Waals surface area (Å²) in [5.41, 5.74) is 5.00. The van der Waals surface area contributed by atoms with E-state index in [0.29, 0.717) is 17.2 Å². The van der Waals surface area contributed by atoms with E-state index in [1.54, 1.807) is 17.6 Å². The molecule has 0 aromatic heterocycles. The molecule has 0 aliphatic heterocycles. The molecule has 0 saturated carbocycles. The van der Waals surface area contributed by atoms with Gasteiger partial charge in [0.2, 0.25) is 0 Å². The number of benzene rings is 3. The van der Waals surface area contributed by atoms with Gasteiger partial charge in [0.25, 0.3) is 11.8 Å². The number of hydrogen-bond acceptors (Lipinski definition) is 5. The van der Waals surface area contributed by atoms with Gasteiger partial charge in [0.15, 0.2) is 0 Å². The number of halogens is 1. The molecule has 3 aromatic carbocycles. The van der Waals surface area contributed by atoms with Gasteiger partial charge in [-0.25, -0.2) is 5.48 Å². The van der Waals surface area contributed by atoms with Crippen molar-refractivity contribution in [2.24, 2.45) is 0 Å². The van der Waals surface area contributed by atoms with Crippen LogP contribution in [0.25, 0.3) is 12.2 Å². The van der Waals surface area contributed by atoms with Crippen LogP contribution in [0.4, 0.5) is 0 Å². The highest BCUT2D eigenvalue weighted by Gasteiger charge is 2.19. The highest BCUT2D eigenvalue weighted by Crippen LogP contribution is 2.13. The number of carbonyl (C=O) groups is 2. The van der Waals surface area contributed by atoms with Crippen LogP contribution in [0, 0.1) is 0 Å². The van der Waals surface area contributed by atoms with E-state index in [1.165, 1.54) is 0 Å². The Morgan fingerprint density at radius 3 is 2.17 bits per heavy atom. The summed E-state index contributed by atoms with van der Waals surface area (Å²) in [5.74, 6) is -0.985. The molecule has 2 amide bonds. The fraction of sp³-hybridized carbons (Fsp3) is 0.185. The number of rotatable bonds is 12. The largest absolute Gasteiger partial charge is 0.352 e. The zero-order chi connectivity index (χ0) is 24.9. The predicted molar refractivity (Wildman–Crippen MR) is 135 cm³/mol. The maximum atomic E-state index is 12.4. The summed E-state index contributed by atoms with van der Waals surface area (Å²) in [6.07, 6.45) is 3.09. The number of amides is 2. The van der Waals surface area contributed by atoms with Gasteiger partial charge in [-0.15, -0.1) is 0 Å². The molecule has 8 heteroatoms. The van der Waals surface area contributed by atoms with E-state index >= 15 is 0 Å². The van der Waals surface area contributed by atoms with Gasteiger partial charge < -0.3 is 14.8 Å². The minimum atomic E-state index is -0.976. The van der Waals surface area contributed by atoms with Crippen LogP contribution >= 0.6 is 11.6 Å². The SMILES string of the molecule is O=C(NCCC(OCOCc1ccccc1)C(=O)NO)c1ccc(C=Cc2ccc(Cl)cc2)cc1. The molecule has 0 aliphatic rings. The van der Waals surface area contributed by atoms with E-state index in [0.717, 1.165) is 16.7 Å². The first-order valence-electron chi connectivity index (χ1n) is 11.0. The number of nitrogens with one attached hydrogen (secondary N) is 2. The zero-order valence-corrected chi connectivity index (χ0v) is 19.8. The Labute approximate surface area is 209 Å². The molecule has 0 spiro atoms. The maximum absolute atomic E-state index is 12.4. The lowest BCUT2D eigenvalue weighted by Crippen LogP contribution is -2.38. The Morgan fingerprint density at radius 1 is 0.914 bits per heavy atom. The Bertz CT molecular complexity index is 1100. The van der Waals surface area contributed by atoms with Crippen LogP contribution in [-0.2, 0) is 20.9 Å². The fourth-order valence-electron chi connectivity index (χ4n) is 3.16. The molecule has 0 bridgehead atoms. The minimum Gasteiger partial charge on any atom is -0.352 e. The third-order valence-electron chi connectivity index (χ3n) is 5.07. The zero-order valence-electron chi connectivity index (χ0n) is 19.0. The molecule has 182 valence electrons. The summed E-state index contributed by atoms with van der Waals surface area (Å²) in [7, 11) is 0. The van der Waals surface area contributed by atoms with Crippen molar-refractivity contribution < 1.29 is 24.3 Å². The minimum absolute atomic E-state index is 0.133. The molecule has 0 saturated heterocycles. The number of hydroxylamine groups is 1. The lowest BCUT2D eigenvalue weighted by atomic mass is 10.1. The summed E-state index contributed by atoms with van der Waals surface area (Å²) in [4.78, 5) is 24.3. The van der Waals surface area contributed by atoms with E-state index in [1.807, 2.05) is 78.9 Å². The molecule has 0 fully saturated rings. The van der Waals surface area contributed by atoms with Gasteiger partial charge in [-0.3, -0.25) is 14.8 Å². The molecule has 0 heterocycles. The Balaban J connectivity index is 1.43. The van der Waals surface area contributed by atoms with E-state index in [-0.39, 0.29) is 25.7 Å². The topological polar surface area (TPSA) is 96.9 Å². The number of carbonyl (C=O) groups excluding carboxylic acids is 2. The summed E-state index contributed by atoms with van der Waals surface area (Å²) < 4.78 is 10.9. The van der Waals surface area contributed by atoms with Crippen LogP contribution in [-0.4, -0.2) is 36.5 Å². The van der Waals surface area contributed by atoms with Crippen LogP contribution in [0.5, 0.6) is 0 Å². The first kappa shape index (κ1) is 26.1. The molecular formula is C27H27ClN2O5. The van der Waals surface area contributed by atoms with Gasteiger partial charge in [-0.1, -0.05) is 78.4 Å². The Kier molecular flexibility index (Phi) is 10.5. The molecule has 0 aliphatic carbocycles. The monoisotopic (exact) mass is 494 g/mol. The highest BCUT2D eigenvalue weighted by molar-refractivity contribution is 6.30. The van der Waals surface area contributed by atoms with E-state index in [2.05, 4.69) is 5.32 Å². The first-order valence-corrected chi connectivity index (χ1v) is 11.4. The van der Waals surface area contributed by atoms with Crippen molar-refractivity contribution in [1.82, 2.24) is 10.8 Å². The van der Waals surface area contributed by atoms with Gasteiger partial charge in [-0.2, -0.15) is 0 Å². The maximum Gasteiger partial charge on any atom is 0.272 e. The summed E-state index contributed by atoms with van der Waals surface area (Å²) in [6.45, 7) is 0.371. The van der Waals surface area contributed by atoms with Gasteiger partial charge in [0.05, 0.1) is 6.61 Å². The van der Waals surface area contributed by atoms with Crippen molar-refractivity contribution in [3.05, 3.63) is 106 Å². The molecule has 7 nitrogen and oxygen atoms in total. The van der Waals surface area contributed by atoms with Crippen LogP contribution in [0.2, 0.25) is 5.02 Å². The molecule has 35 heavy (non-hydrogen) atoms. The number of ether oxygens (including phenoxy) is 2. The van der Waals surface area contributed by atoms with Crippen molar-refractivity contribution in [3.8, 4) is 0 Å². The van der Waals surface area contributed by atoms with Gasteiger partial charge >= 0.3 is 0 Å². The Morgan fingerprint density at radius 2 is 1.54 bits per heavy atom. The van der Waals surface area contributed by atoms with E-state index in [4.69, 9.17) is 26.3 Å². The second kappa shape index (κ2) is 14.0. The van der Waals surface area contributed by atoms with Gasteiger partial charge in [0.1, 0.15) is 12.9 Å². The fourth-order valence-corrected chi connectivity index (χ4v) is 3.28. The van der Waals surface area contributed by atoms with Gasteiger partial charge in [0, 0.05) is 23.6 Å². The molecule has 1 atom stereocenters. The van der Waals surface area contributed by atoms with E-state index in [9.17, 15) is 9.59 Å². The van der Waals surface area contributed by atoms with E-state index < -0.39 is 12.0 Å². The lowest BCUT2D eigenvalue weighted by molar-refractivity contribution is -0.154. The second-order valence-corrected chi connectivity index (χ2v) is 8.07. The average molecular weight is 495 g/mol. The van der Waals surface area contributed by atoms with Crippen LogP contribution in [0.1, 0.15) is 33.5 Å². The third kappa shape index (κ3) is 8.99. The van der Waals surface area contributed by atoms with Crippen LogP contribution in [0.15, 0.2) is 78.9 Å². The lowest BCUT2D eigenvalue weighted by Gasteiger charge is -2.16. The van der Waals surface area contributed by atoms with Crippen molar-refractivity contribution in [2.75, 3.05) is 13.3 Å². The van der Waals surface area contributed by atoms with Crippen molar-refractivity contribution in [3.63, 3.8) is 0 Å². The molecule has 3 aromatic rings. The molecule has 3 rings (SSSR count). The molecular weight excluding hydrogens is 468 g/mol. The normalized spacial score (nSPS) is 11.8. The van der Waals surface area contributed by atoms with Crippen molar-refractivity contribution >= 4 is 35.6 Å². The third-order valence-corrected chi connectivity index (χ3v) is 5.32. The standard InChI is InChI=1S/C27H27ClN2O5/c28-24-14-10-21(11-15-24)7-6-20-8-12-23(13-9-20)26(31)29-17-16-25(27(32)30-33)35-19-34-18-22-4-2-1-3-5-22/h1-15,25,33H,16-19H2,(H,29,31)(H,30,32). The van der Waals surface area contributed by atoms with Crippen molar-refractivity contribution in [1.29, 1.82) is 0 Å². The second-order valence-electron chi connectivity index (χ2n) is 7.63. The summed E-state index contributed by atoms with van der Waals surface area (Å²) in [6, 6.07) is 24.2.